The van der Waals surface area contributed by atoms with E-state index in [0.29, 0.717) is 30.0 Å². The zero-order valence-corrected chi connectivity index (χ0v) is 15.2. The van der Waals surface area contributed by atoms with Gasteiger partial charge in [0.2, 0.25) is 0 Å². The van der Waals surface area contributed by atoms with Crippen molar-refractivity contribution in [1.82, 2.24) is 14.5 Å². The van der Waals surface area contributed by atoms with Crippen molar-refractivity contribution in [3.05, 3.63) is 58.5 Å². The second-order valence-electron chi connectivity index (χ2n) is 7.19. The minimum atomic E-state index is -1.09. The molecule has 0 bridgehead atoms. The molecule has 0 radical (unpaired) electrons. The van der Waals surface area contributed by atoms with Crippen molar-refractivity contribution in [2.24, 2.45) is 0 Å². The first kappa shape index (κ1) is 17.8. The molecule has 1 aliphatic rings. The van der Waals surface area contributed by atoms with Crippen molar-refractivity contribution in [3.8, 4) is 11.4 Å². The van der Waals surface area contributed by atoms with Gasteiger partial charge in [0.25, 0.3) is 5.56 Å². The first-order chi connectivity index (χ1) is 13.1. The van der Waals surface area contributed by atoms with E-state index in [-0.39, 0.29) is 23.1 Å². The molecule has 0 amide bonds. The van der Waals surface area contributed by atoms with Gasteiger partial charge in [-0.2, -0.15) is 0 Å². The van der Waals surface area contributed by atoms with Crippen LogP contribution in [0.3, 0.4) is 0 Å². The summed E-state index contributed by atoms with van der Waals surface area (Å²) in [7, 11) is 0. The highest BCUT2D eigenvalue weighted by Crippen LogP contribution is 2.39. The average Bonchev–Trinajstić information content (AvgIpc) is 3.50. The summed E-state index contributed by atoms with van der Waals surface area (Å²) < 4.78 is 29.9. The van der Waals surface area contributed by atoms with Crippen LogP contribution in [0.2, 0.25) is 0 Å². The second-order valence-corrected chi connectivity index (χ2v) is 7.19. The molecular formula is C21H21F2N3O. The molecule has 1 aromatic carbocycles. The number of hydrogen-bond acceptors (Lipinski definition) is 3. The first-order valence-electron chi connectivity index (χ1n) is 9.36. The summed E-state index contributed by atoms with van der Waals surface area (Å²) in [6.45, 7) is 1.88. The quantitative estimate of drug-likeness (QED) is 0.637. The van der Waals surface area contributed by atoms with E-state index >= 15 is 0 Å². The van der Waals surface area contributed by atoms with E-state index in [0.717, 1.165) is 18.4 Å². The third-order valence-electron chi connectivity index (χ3n) is 5.02. The standard InChI is InChI=1S/C21H21F2N3O/c1-2-3-16(22)12-26-7-6-14-8-18(19(23)9-17(14)21(26)27)20-24-10-15(11-25-20)13-4-5-13/h6-11,13,16H,2-5,12H2,1H3. The van der Waals surface area contributed by atoms with Crippen LogP contribution in [0.5, 0.6) is 0 Å². The van der Waals surface area contributed by atoms with E-state index in [1.165, 1.54) is 10.6 Å². The lowest BCUT2D eigenvalue weighted by Gasteiger charge is -2.11. The zero-order chi connectivity index (χ0) is 19.0. The molecule has 1 atom stereocenters. The lowest BCUT2D eigenvalue weighted by Crippen LogP contribution is -2.24. The maximum Gasteiger partial charge on any atom is 0.258 e. The van der Waals surface area contributed by atoms with Crippen LogP contribution in [0.25, 0.3) is 22.2 Å². The Morgan fingerprint density at radius 1 is 1.26 bits per heavy atom. The highest BCUT2D eigenvalue weighted by atomic mass is 19.1. The van der Waals surface area contributed by atoms with Crippen molar-refractivity contribution in [2.45, 2.75) is 51.2 Å². The Morgan fingerprint density at radius 2 is 2.00 bits per heavy atom. The van der Waals surface area contributed by atoms with Gasteiger partial charge >= 0.3 is 0 Å². The number of nitrogens with zero attached hydrogens (tertiary/aromatic N) is 3. The lowest BCUT2D eigenvalue weighted by molar-refractivity contribution is 0.274. The SMILES string of the molecule is CCCC(F)Cn1ccc2cc(-c3ncc(C4CC4)cn3)c(F)cc2c1=O. The molecule has 0 saturated heterocycles. The van der Waals surface area contributed by atoms with Gasteiger partial charge in [-0.15, -0.1) is 0 Å². The Labute approximate surface area is 155 Å². The number of alkyl halides is 1. The molecule has 1 saturated carbocycles. The number of fused-ring (bicyclic) bond motifs is 1. The molecular weight excluding hydrogens is 348 g/mol. The molecule has 1 aliphatic carbocycles. The van der Waals surface area contributed by atoms with Crippen LogP contribution in [-0.4, -0.2) is 20.7 Å². The topological polar surface area (TPSA) is 47.8 Å². The Morgan fingerprint density at radius 3 is 2.67 bits per heavy atom. The monoisotopic (exact) mass is 369 g/mol. The Balaban J connectivity index is 1.70. The van der Waals surface area contributed by atoms with Gasteiger partial charge in [-0.3, -0.25) is 4.79 Å². The highest BCUT2D eigenvalue weighted by molar-refractivity contribution is 5.85. The molecule has 2 heterocycles. The minimum Gasteiger partial charge on any atom is -0.312 e. The number of rotatable bonds is 6. The number of aromatic nitrogens is 3. The largest absolute Gasteiger partial charge is 0.312 e. The summed E-state index contributed by atoms with van der Waals surface area (Å²) >= 11 is 0. The van der Waals surface area contributed by atoms with E-state index in [4.69, 9.17) is 0 Å². The smallest absolute Gasteiger partial charge is 0.258 e. The van der Waals surface area contributed by atoms with Gasteiger partial charge in [0.15, 0.2) is 5.82 Å². The van der Waals surface area contributed by atoms with Crippen LogP contribution in [0, 0.1) is 5.82 Å². The fraction of sp³-hybridized carbons (Fsp3) is 0.381. The highest BCUT2D eigenvalue weighted by Gasteiger charge is 2.24. The van der Waals surface area contributed by atoms with Crippen LogP contribution in [0.4, 0.5) is 8.78 Å². The molecule has 2 aromatic heterocycles. The van der Waals surface area contributed by atoms with E-state index in [9.17, 15) is 13.6 Å². The van der Waals surface area contributed by atoms with Crippen molar-refractivity contribution in [2.75, 3.05) is 0 Å². The van der Waals surface area contributed by atoms with Gasteiger partial charge in [-0.1, -0.05) is 13.3 Å². The van der Waals surface area contributed by atoms with E-state index in [1.54, 1.807) is 30.7 Å². The molecule has 1 fully saturated rings. The molecule has 140 valence electrons. The molecule has 6 heteroatoms. The zero-order valence-electron chi connectivity index (χ0n) is 15.2. The van der Waals surface area contributed by atoms with Crippen LogP contribution < -0.4 is 5.56 Å². The molecule has 4 nitrogen and oxygen atoms in total. The van der Waals surface area contributed by atoms with Gasteiger partial charge in [0.1, 0.15) is 12.0 Å². The Hall–Kier alpha value is -2.63. The van der Waals surface area contributed by atoms with Crippen molar-refractivity contribution >= 4 is 10.8 Å². The maximum atomic E-state index is 14.7. The average molecular weight is 369 g/mol. The maximum absolute atomic E-state index is 14.7. The van der Waals surface area contributed by atoms with Crippen LogP contribution in [0.1, 0.15) is 44.1 Å². The third-order valence-corrected chi connectivity index (χ3v) is 5.02. The lowest BCUT2D eigenvalue weighted by atomic mass is 10.1. The fourth-order valence-electron chi connectivity index (χ4n) is 3.34. The van der Waals surface area contributed by atoms with E-state index in [1.807, 2.05) is 6.92 Å². The summed E-state index contributed by atoms with van der Waals surface area (Å²) in [6.07, 6.45) is 7.37. The molecule has 1 unspecified atom stereocenters. The minimum absolute atomic E-state index is 0.0161. The third kappa shape index (κ3) is 3.61. The number of halogens is 2. The van der Waals surface area contributed by atoms with Crippen molar-refractivity contribution in [3.63, 3.8) is 0 Å². The molecule has 0 spiro atoms. The summed E-state index contributed by atoms with van der Waals surface area (Å²) in [5.74, 6) is 0.280. The summed E-state index contributed by atoms with van der Waals surface area (Å²) in [4.78, 5) is 21.2. The van der Waals surface area contributed by atoms with Crippen molar-refractivity contribution < 1.29 is 8.78 Å². The summed E-state index contributed by atoms with van der Waals surface area (Å²) in [5, 5.41) is 0.825. The normalized spacial score (nSPS) is 15.2. The number of benzene rings is 1. The van der Waals surface area contributed by atoms with Crippen LogP contribution in [-0.2, 0) is 6.54 Å². The summed E-state index contributed by atoms with van der Waals surface area (Å²) in [5.41, 5.74) is 0.953. The second kappa shape index (κ2) is 7.18. The van der Waals surface area contributed by atoms with Gasteiger partial charge in [-0.05, 0) is 54.3 Å². The molecule has 0 aliphatic heterocycles. The fourth-order valence-corrected chi connectivity index (χ4v) is 3.34. The number of pyridine rings is 1. The van der Waals surface area contributed by atoms with Gasteiger partial charge in [-0.25, -0.2) is 18.7 Å². The predicted octanol–water partition coefficient (Wildman–Crippen LogP) is 4.61. The molecule has 0 N–H and O–H groups in total. The number of hydrogen-bond donors (Lipinski definition) is 0. The predicted molar refractivity (Wildman–Crippen MR) is 101 cm³/mol. The van der Waals surface area contributed by atoms with Crippen molar-refractivity contribution in [1.29, 1.82) is 0 Å². The van der Waals surface area contributed by atoms with Gasteiger partial charge in [0.05, 0.1) is 17.5 Å². The Bertz CT molecular complexity index is 1030. The van der Waals surface area contributed by atoms with E-state index < -0.39 is 12.0 Å². The van der Waals surface area contributed by atoms with Gasteiger partial charge in [0, 0.05) is 18.6 Å². The van der Waals surface area contributed by atoms with E-state index in [2.05, 4.69) is 9.97 Å². The molecule has 4 rings (SSSR count). The van der Waals surface area contributed by atoms with Crippen LogP contribution in [0.15, 0.2) is 41.6 Å². The van der Waals surface area contributed by atoms with Crippen LogP contribution >= 0.6 is 0 Å². The van der Waals surface area contributed by atoms with Gasteiger partial charge < -0.3 is 4.57 Å². The first-order valence-corrected chi connectivity index (χ1v) is 9.36. The molecule has 27 heavy (non-hydrogen) atoms. The molecule has 3 aromatic rings. The summed E-state index contributed by atoms with van der Waals surface area (Å²) in [6, 6.07) is 4.49. The Kier molecular flexibility index (Phi) is 4.72.